The van der Waals surface area contributed by atoms with E-state index >= 15 is 0 Å². The minimum atomic E-state index is -0.965. The minimum absolute atomic E-state index is 0.244. The fourth-order valence-electron chi connectivity index (χ4n) is 2.82. The molecule has 6 nitrogen and oxygen atoms in total. The molecule has 1 saturated heterocycles. The molecule has 27 heavy (non-hydrogen) atoms. The van der Waals surface area contributed by atoms with Gasteiger partial charge in [-0.25, -0.2) is 4.79 Å². The summed E-state index contributed by atoms with van der Waals surface area (Å²) in [7, 11) is 1.59. The van der Waals surface area contributed by atoms with Crippen molar-refractivity contribution in [3.8, 4) is 11.5 Å². The lowest BCUT2D eigenvalue weighted by Gasteiger charge is -2.26. The summed E-state index contributed by atoms with van der Waals surface area (Å²) in [4.78, 5) is 14.7. The van der Waals surface area contributed by atoms with E-state index in [1.807, 2.05) is 17.5 Å². The summed E-state index contributed by atoms with van der Waals surface area (Å²) in [6.45, 7) is 4.59. The summed E-state index contributed by atoms with van der Waals surface area (Å²) in [5, 5.41) is 11.5. The molecule has 0 saturated carbocycles. The van der Waals surface area contributed by atoms with Gasteiger partial charge in [0.25, 0.3) is 0 Å². The molecule has 144 valence electrons. The Morgan fingerprint density at radius 1 is 1.33 bits per heavy atom. The van der Waals surface area contributed by atoms with E-state index in [0.717, 1.165) is 32.8 Å². The van der Waals surface area contributed by atoms with Crippen LogP contribution in [0.25, 0.3) is 11.6 Å². The Balaban J connectivity index is 1.79. The van der Waals surface area contributed by atoms with Crippen molar-refractivity contribution < 1.29 is 24.1 Å². The number of carbonyl (C=O) groups is 1. The van der Waals surface area contributed by atoms with Gasteiger partial charge in [0, 0.05) is 36.1 Å². The fourth-order valence-corrected chi connectivity index (χ4v) is 3.56. The average molecular weight is 389 g/mol. The molecular weight excluding hydrogens is 366 g/mol. The number of carboxylic acids is 1. The van der Waals surface area contributed by atoms with E-state index in [9.17, 15) is 9.90 Å². The molecule has 2 aromatic rings. The lowest BCUT2D eigenvalue weighted by Crippen LogP contribution is -2.38. The van der Waals surface area contributed by atoms with E-state index in [-0.39, 0.29) is 5.57 Å². The van der Waals surface area contributed by atoms with Crippen molar-refractivity contribution in [3.05, 3.63) is 46.2 Å². The monoisotopic (exact) mass is 389 g/mol. The smallest absolute Gasteiger partial charge is 0.337 e. The molecular formula is C20H23NO5S. The van der Waals surface area contributed by atoms with Gasteiger partial charge in [-0.2, -0.15) is 0 Å². The van der Waals surface area contributed by atoms with Crippen LogP contribution >= 0.6 is 11.3 Å². The van der Waals surface area contributed by atoms with Crippen LogP contribution in [0.15, 0.2) is 35.7 Å². The number of hydrogen-bond acceptors (Lipinski definition) is 6. The second-order valence-electron chi connectivity index (χ2n) is 6.05. The van der Waals surface area contributed by atoms with E-state index in [2.05, 4.69) is 4.90 Å². The number of ether oxygens (including phenoxy) is 3. The average Bonchev–Trinajstić information content (AvgIpc) is 3.21. The van der Waals surface area contributed by atoms with Crippen molar-refractivity contribution in [2.45, 2.75) is 0 Å². The summed E-state index contributed by atoms with van der Waals surface area (Å²) in [6.07, 6.45) is 1.65. The molecule has 0 spiro atoms. The van der Waals surface area contributed by atoms with Gasteiger partial charge in [-0.3, -0.25) is 4.90 Å². The maximum Gasteiger partial charge on any atom is 0.337 e. The zero-order chi connectivity index (χ0) is 19.1. The predicted octanol–water partition coefficient (Wildman–Crippen LogP) is 3.09. The molecule has 1 aliphatic rings. The Kier molecular flexibility index (Phi) is 6.86. The molecule has 0 bridgehead atoms. The number of thiophene rings is 1. The van der Waals surface area contributed by atoms with Crippen LogP contribution in [0, 0.1) is 0 Å². The number of benzene rings is 1. The third-order valence-electron chi connectivity index (χ3n) is 4.31. The normalized spacial score (nSPS) is 15.5. The van der Waals surface area contributed by atoms with E-state index in [1.165, 1.54) is 11.3 Å². The van der Waals surface area contributed by atoms with Gasteiger partial charge in [-0.15, -0.1) is 11.3 Å². The Labute approximate surface area is 162 Å². The van der Waals surface area contributed by atoms with Crippen LogP contribution < -0.4 is 9.47 Å². The van der Waals surface area contributed by atoms with Crippen molar-refractivity contribution in [2.75, 3.05) is 46.6 Å². The zero-order valence-corrected chi connectivity index (χ0v) is 16.0. The second-order valence-corrected chi connectivity index (χ2v) is 6.99. The first-order chi connectivity index (χ1) is 13.2. The predicted molar refractivity (Wildman–Crippen MR) is 106 cm³/mol. The molecule has 7 heteroatoms. The number of rotatable bonds is 8. The lowest BCUT2D eigenvalue weighted by molar-refractivity contribution is -0.130. The van der Waals surface area contributed by atoms with Gasteiger partial charge < -0.3 is 19.3 Å². The highest BCUT2D eigenvalue weighted by Gasteiger charge is 2.15. The fraction of sp³-hybridized carbons (Fsp3) is 0.350. The van der Waals surface area contributed by atoms with Crippen LogP contribution in [0.4, 0.5) is 0 Å². The topological polar surface area (TPSA) is 68.2 Å². The van der Waals surface area contributed by atoms with Gasteiger partial charge >= 0.3 is 5.97 Å². The molecule has 1 N–H and O–H groups in total. The van der Waals surface area contributed by atoms with Gasteiger partial charge in [-0.05, 0) is 29.7 Å². The summed E-state index contributed by atoms with van der Waals surface area (Å²) < 4.78 is 16.6. The minimum Gasteiger partial charge on any atom is -0.497 e. The molecule has 0 aliphatic carbocycles. The van der Waals surface area contributed by atoms with Crippen LogP contribution in [0.3, 0.4) is 0 Å². The highest BCUT2D eigenvalue weighted by molar-refractivity contribution is 7.11. The number of aliphatic carboxylic acids is 1. The Morgan fingerprint density at radius 3 is 2.81 bits per heavy atom. The van der Waals surface area contributed by atoms with Crippen molar-refractivity contribution >= 4 is 29.0 Å². The first-order valence-corrected chi connectivity index (χ1v) is 9.65. The quantitative estimate of drug-likeness (QED) is 0.700. The molecule has 0 amide bonds. The van der Waals surface area contributed by atoms with Crippen LogP contribution in [0.2, 0.25) is 0 Å². The Hall–Kier alpha value is -2.35. The third-order valence-corrected chi connectivity index (χ3v) is 5.21. The summed E-state index contributed by atoms with van der Waals surface area (Å²) in [5.41, 5.74) is 0.955. The number of carboxylic acid groups (broad SMARTS) is 1. The number of nitrogens with zero attached hydrogens (tertiary/aromatic N) is 1. The lowest BCUT2D eigenvalue weighted by atomic mass is 10.1. The third kappa shape index (κ3) is 5.32. The van der Waals surface area contributed by atoms with Gasteiger partial charge in [0.2, 0.25) is 0 Å². The van der Waals surface area contributed by atoms with Gasteiger partial charge in [-0.1, -0.05) is 6.07 Å². The van der Waals surface area contributed by atoms with Crippen LogP contribution in [0.5, 0.6) is 11.5 Å². The van der Waals surface area contributed by atoms with E-state index < -0.39 is 5.97 Å². The molecule has 0 atom stereocenters. The van der Waals surface area contributed by atoms with E-state index in [0.29, 0.717) is 28.5 Å². The number of methoxy groups -OCH3 is 1. The van der Waals surface area contributed by atoms with Gasteiger partial charge in [0.15, 0.2) is 0 Å². The first kappa shape index (κ1) is 19.4. The second kappa shape index (κ2) is 9.55. The zero-order valence-electron chi connectivity index (χ0n) is 15.2. The Bertz CT molecular complexity index is 782. The number of morpholine rings is 1. The van der Waals surface area contributed by atoms with Gasteiger partial charge in [0.05, 0.1) is 25.9 Å². The molecule has 1 aliphatic heterocycles. The van der Waals surface area contributed by atoms with E-state index in [1.54, 1.807) is 31.4 Å². The molecule has 2 heterocycles. The SMILES string of the molecule is COc1ccc(/C=C(\C(=O)O)c2cccs2)c(OCCN2CCOCC2)c1. The highest BCUT2D eigenvalue weighted by Crippen LogP contribution is 2.30. The maximum absolute atomic E-state index is 11.7. The highest BCUT2D eigenvalue weighted by atomic mass is 32.1. The standard InChI is InChI=1S/C20H23NO5S/c1-24-16-5-4-15(13-17(20(22)23)19-3-2-12-27-19)18(14-16)26-11-8-21-6-9-25-10-7-21/h2-5,12-14H,6-11H2,1H3,(H,22,23)/b17-13-. The molecule has 1 fully saturated rings. The van der Waals surface area contributed by atoms with Crippen molar-refractivity contribution in [3.63, 3.8) is 0 Å². The first-order valence-electron chi connectivity index (χ1n) is 8.77. The van der Waals surface area contributed by atoms with Crippen molar-refractivity contribution in [2.24, 2.45) is 0 Å². The van der Waals surface area contributed by atoms with Crippen molar-refractivity contribution in [1.82, 2.24) is 4.90 Å². The molecule has 0 radical (unpaired) electrons. The number of hydrogen-bond donors (Lipinski definition) is 1. The van der Waals surface area contributed by atoms with Crippen LogP contribution in [0.1, 0.15) is 10.4 Å². The van der Waals surface area contributed by atoms with Crippen LogP contribution in [-0.4, -0.2) is 62.5 Å². The van der Waals surface area contributed by atoms with Crippen molar-refractivity contribution in [1.29, 1.82) is 0 Å². The van der Waals surface area contributed by atoms with Gasteiger partial charge in [0.1, 0.15) is 18.1 Å². The van der Waals surface area contributed by atoms with E-state index in [4.69, 9.17) is 14.2 Å². The van der Waals surface area contributed by atoms with Crippen LogP contribution in [-0.2, 0) is 9.53 Å². The molecule has 1 aromatic heterocycles. The molecule has 0 unspecified atom stereocenters. The largest absolute Gasteiger partial charge is 0.497 e. The summed E-state index contributed by atoms with van der Waals surface area (Å²) in [6, 6.07) is 9.05. The summed E-state index contributed by atoms with van der Waals surface area (Å²) in [5.74, 6) is 0.312. The summed E-state index contributed by atoms with van der Waals surface area (Å²) >= 11 is 1.40. The Morgan fingerprint density at radius 2 is 2.15 bits per heavy atom. The maximum atomic E-state index is 11.7. The molecule has 3 rings (SSSR count). The molecule has 1 aromatic carbocycles.